The molecule has 2 aromatic heterocycles. The summed E-state index contributed by atoms with van der Waals surface area (Å²) in [5.41, 5.74) is 6.81. The van der Waals surface area contributed by atoms with Crippen molar-refractivity contribution >= 4 is 42.1 Å². The number of nitrogens with zero attached hydrogens (tertiary/aromatic N) is 5. The normalized spacial score (nSPS) is 17.1. The smallest absolute Gasteiger partial charge is 0.160 e. The summed E-state index contributed by atoms with van der Waals surface area (Å²) < 4.78 is 2.28. The number of fused-ring (bicyclic) bond motifs is 1. The molecule has 1 atom stereocenters. The molecule has 1 aliphatic heterocycles. The van der Waals surface area contributed by atoms with Gasteiger partial charge in [0.05, 0.1) is 6.54 Å². The van der Waals surface area contributed by atoms with Gasteiger partial charge in [0.25, 0.3) is 0 Å². The Kier molecular flexibility index (Phi) is 10.6. The van der Waals surface area contributed by atoms with E-state index < -0.39 is 0 Å². The van der Waals surface area contributed by atoms with Crippen LogP contribution in [0.1, 0.15) is 49.0 Å². The first kappa shape index (κ1) is 28.3. The molecule has 4 rings (SSSR count). The fourth-order valence-electron chi connectivity index (χ4n) is 4.85. The highest BCUT2D eigenvalue weighted by Gasteiger charge is 2.21. The topological polar surface area (TPSA) is 37.2 Å². The maximum Gasteiger partial charge on any atom is 0.160 e. The number of halogens is 2. The Bertz CT molecular complexity index is 1090. The molecule has 7 heteroatoms. The van der Waals surface area contributed by atoms with E-state index in [4.69, 9.17) is 9.97 Å². The zero-order chi connectivity index (χ0) is 22.7. The molecule has 1 fully saturated rings. The SMILES string of the molecule is CCc1nc2c(C)cc(C)nc2n1Cc1ccc(C=CCN2CCN(CC)C(C)C2)cc1.Cl.Cl. The highest BCUT2D eigenvalue weighted by atomic mass is 35.5. The van der Waals surface area contributed by atoms with Gasteiger partial charge in [-0.1, -0.05) is 50.3 Å². The molecule has 1 unspecified atom stereocenters. The number of aromatic nitrogens is 3. The lowest BCUT2D eigenvalue weighted by Crippen LogP contribution is -2.51. The molecular formula is C27H39Cl2N5. The van der Waals surface area contributed by atoms with Crippen LogP contribution in [0, 0.1) is 13.8 Å². The Labute approximate surface area is 217 Å². The van der Waals surface area contributed by atoms with Crippen LogP contribution in [0.4, 0.5) is 0 Å². The van der Waals surface area contributed by atoms with Gasteiger partial charge in [-0.3, -0.25) is 9.80 Å². The van der Waals surface area contributed by atoms with Gasteiger partial charge >= 0.3 is 0 Å². The number of pyridine rings is 1. The highest BCUT2D eigenvalue weighted by molar-refractivity contribution is 5.85. The number of hydrogen-bond donors (Lipinski definition) is 0. The number of likely N-dealkylation sites (N-methyl/N-ethyl adjacent to an activating group) is 1. The third-order valence-corrected chi connectivity index (χ3v) is 6.67. The van der Waals surface area contributed by atoms with Gasteiger partial charge in [0.1, 0.15) is 11.3 Å². The van der Waals surface area contributed by atoms with Crippen molar-refractivity contribution in [1.82, 2.24) is 24.3 Å². The van der Waals surface area contributed by atoms with Crippen molar-refractivity contribution in [1.29, 1.82) is 0 Å². The van der Waals surface area contributed by atoms with Crippen molar-refractivity contribution in [3.8, 4) is 0 Å². The van der Waals surface area contributed by atoms with Crippen LogP contribution in [0.5, 0.6) is 0 Å². The van der Waals surface area contributed by atoms with Crippen LogP contribution in [0.25, 0.3) is 17.2 Å². The summed E-state index contributed by atoms with van der Waals surface area (Å²) in [7, 11) is 0. The summed E-state index contributed by atoms with van der Waals surface area (Å²) in [6.45, 7) is 17.4. The molecule has 3 heterocycles. The van der Waals surface area contributed by atoms with Gasteiger partial charge in [0, 0.05) is 44.3 Å². The van der Waals surface area contributed by atoms with Crippen LogP contribution in [0.2, 0.25) is 0 Å². The maximum absolute atomic E-state index is 4.87. The average Bonchev–Trinajstić information content (AvgIpc) is 3.13. The number of rotatable bonds is 7. The summed E-state index contributed by atoms with van der Waals surface area (Å²) in [6.07, 6.45) is 5.46. The van der Waals surface area contributed by atoms with E-state index >= 15 is 0 Å². The van der Waals surface area contributed by atoms with Gasteiger partial charge in [-0.25, -0.2) is 9.97 Å². The fraction of sp³-hybridized carbons (Fsp3) is 0.481. The Morgan fingerprint density at radius 1 is 1.03 bits per heavy atom. The molecule has 3 aromatic rings. The lowest BCUT2D eigenvalue weighted by molar-refractivity contribution is 0.0962. The number of imidazole rings is 1. The molecule has 1 aliphatic rings. The molecule has 1 saturated heterocycles. The number of hydrogen-bond acceptors (Lipinski definition) is 4. The monoisotopic (exact) mass is 503 g/mol. The van der Waals surface area contributed by atoms with E-state index in [0.717, 1.165) is 61.8 Å². The Morgan fingerprint density at radius 2 is 1.76 bits per heavy atom. The van der Waals surface area contributed by atoms with Gasteiger partial charge in [-0.05, 0) is 50.1 Å². The first-order valence-electron chi connectivity index (χ1n) is 12.0. The number of benzene rings is 1. The van der Waals surface area contributed by atoms with E-state index in [1.54, 1.807) is 0 Å². The first-order chi connectivity index (χ1) is 15.5. The van der Waals surface area contributed by atoms with Crippen LogP contribution in [0.3, 0.4) is 0 Å². The van der Waals surface area contributed by atoms with Crippen LogP contribution >= 0.6 is 24.8 Å². The van der Waals surface area contributed by atoms with Gasteiger partial charge < -0.3 is 4.57 Å². The quantitative estimate of drug-likeness (QED) is 0.423. The predicted octanol–water partition coefficient (Wildman–Crippen LogP) is 5.54. The van der Waals surface area contributed by atoms with E-state index in [1.807, 2.05) is 0 Å². The van der Waals surface area contributed by atoms with Gasteiger partial charge in [-0.2, -0.15) is 0 Å². The molecule has 0 saturated carbocycles. The maximum atomic E-state index is 4.87. The largest absolute Gasteiger partial charge is 0.308 e. The summed E-state index contributed by atoms with van der Waals surface area (Å²) >= 11 is 0. The number of piperazine rings is 1. The van der Waals surface area contributed by atoms with E-state index in [2.05, 4.69) is 91.5 Å². The van der Waals surface area contributed by atoms with Gasteiger partial charge in [-0.15, -0.1) is 24.8 Å². The second-order valence-corrected chi connectivity index (χ2v) is 9.10. The van der Waals surface area contributed by atoms with E-state index in [-0.39, 0.29) is 24.8 Å². The van der Waals surface area contributed by atoms with Crippen LogP contribution in [0.15, 0.2) is 36.4 Å². The molecule has 186 valence electrons. The van der Waals surface area contributed by atoms with E-state index in [1.165, 1.54) is 23.2 Å². The van der Waals surface area contributed by atoms with Crippen molar-refractivity contribution in [2.24, 2.45) is 0 Å². The second kappa shape index (κ2) is 12.7. The zero-order valence-corrected chi connectivity index (χ0v) is 22.8. The third kappa shape index (κ3) is 6.39. The Hall–Kier alpha value is -1.92. The van der Waals surface area contributed by atoms with E-state index in [0.29, 0.717) is 6.04 Å². The summed E-state index contributed by atoms with van der Waals surface area (Å²) in [4.78, 5) is 14.8. The van der Waals surface area contributed by atoms with Crippen LogP contribution in [-0.4, -0.2) is 63.1 Å². The molecule has 0 aliphatic carbocycles. The van der Waals surface area contributed by atoms with Crippen molar-refractivity contribution in [3.05, 3.63) is 64.6 Å². The Morgan fingerprint density at radius 3 is 2.41 bits per heavy atom. The van der Waals surface area contributed by atoms with Crippen LogP contribution < -0.4 is 0 Å². The van der Waals surface area contributed by atoms with Crippen molar-refractivity contribution in [3.63, 3.8) is 0 Å². The third-order valence-electron chi connectivity index (χ3n) is 6.67. The standard InChI is InChI=1S/C27H37N5.2ClH/c1-6-25-29-26-20(3)17-21(4)28-27(26)32(25)19-24-12-10-23(11-13-24)9-8-14-30-15-16-31(7-2)22(5)18-30;;/h8-13,17,22H,6-7,14-16,18-19H2,1-5H3;2*1H. The molecule has 1 aromatic carbocycles. The van der Waals surface area contributed by atoms with Crippen molar-refractivity contribution in [2.45, 2.75) is 53.6 Å². The van der Waals surface area contributed by atoms with Gasteiger partial charge in [0.2, 0.25) is 0 Å². The van der Waals surface area contributed by atoms with Crippen LogP contribution in [-0.2, 0) is 13.0 Å². The lowest BCUT2D eigenvalue weighted by atomic mass is 10.1. The summed E-state index contributed by atoms with van der Waals surface area (Å²) in [5.74, 6) is 1.10. The average molecular weight is 505 g/mol. The molecular weight excluding hydrogens is 465 g/mol. The molecule has 34 heavy (non-hydrogen) atoms. The van der Waals surface area contributed by atoms with Crippen molar-refractivity contribution in [2.75, 3.05) is 32.7 Å². The summed E-state index contributed by atoms with van der Waals surface area (Å²) in [6, 6.07) is 11.7. The fourth-order valence-corrected chi connectivity index (χ4v) is 4.85. The molecule has 0 N–H and O–H groups in total. The predicted molar refractivity (Wildman–Crippen MR) is 149 cm³/mol. The molecule has 0 radical (unpaired) electrons. The lowest BCUT2D eigenvalue weighted by Gasteiger charge is -2.38. The molecule has 0 bridgehead atoms. The minimum absolute atomic E-state index is 0. The second-order valence-electron chi connectivity index (χ2n) is 9.10. The zero-order valence-electron chi connectivity index (χ0n) is 21.1. The molecule has 5 nitrogen and oxygen atoms in total. The molecule has 0 spiro atoms. The van der Waals surface area contributed by atoms with Gasteiger partial charge in [0.15, 0.2) is 5.65 Å². The first-order valence-corrected chi connectivity index (χ1v) is 12.0. The highest BCUT2D eigenvalue weighted by Crippen LogP contribution is 2.21. The van der Waals surface area contributed by atoms with Crippen molar-refractivity contribution < 1.29 is 0 Å². The molecule has 0 amide bonds. The summed E-state index contributed by atoms with van der Waals surface area (Å²) in [5, 5.41) is 0. The number of aryl methyl sites for hydroxylation is 3. The van der Waals surface area contributed by atoms with E-state index in [9.17, 15) is 0 Å². The Balaban J connectivity index is 0.00000204. The minimum atomic E-state index is 0. The minimum Gasteiger partial charge on any atom is -0.308 e.